The van der Waals surface area contributed by atoms with E-state index in [0.717, 1.165) is 26.3 Å². The fraction of sp³-hybridized carbons (Fsp3) is 0.667. The summed E-state index contributed by atoms with van der Waals surface area (Å²) < 4.78 is 11.0. The number of morpholine rings is 1. The number of benzene rings is 1. The summed E-state index contributed by atoms with van der Waals surface area (Å²) in [5, 5.41) is 7.43. The van der Waals surface area contributed by atoms with E-state index < -0.39 is 0 Å². The molecule has 22 heavy (non-hydrogen) atoms. The lowest BCUT2D eigenvalue weighted by molar-refractivity contribution is 0.0524. The Hall–Kier alpha value is -0.940. The summed E-state index contributed by atoms with van der Waals surface area (Å²) in [7, 11) is 1.76. The SMILES string of the molecule is COCc1ccccc1CNC1CCCC1C1COCCN1. The van der Waals surface area contributed by atoms with Crippen LogP contribution in [0.5, 0.6) is 0 Å². The van der Waals surface area contributed by atoms with Crippen LogP contribution in [-0.4, -0.2) is 39.0 Å². The van der Waals surface area contributed by atoms with Crippen LogP contribution in [-0.2, 0) is 22.6 Å². The van der Waals surface area contributed by atoms with Crippen molar-refractivity contribution >= 4 is 0 Å². The lowest BCUT2D eigenvalue weighted by Gasteiger charge is -2.33. The number of hydrogen-bond donors (Lipinski definition) is 2. The number of rotatable bonds is 6. The molecule has 1 aromatic rings. The highest BCUT2D eigenvalue weighted by molar-refractivity contribution is 5.26. The standard InChI is InChI=1S/C18H28N2O2/c1-21-12-15-6-3-2-5-14(15)11-20-17-8-4-7-16(17)18-13-22-10-9-19-18/h2-3,5-6,16-20H,4,7-13H2,1H3. The second-order valence-corrected chi connectivity index (χ2v) is 6.42. The molecule has 2 aliphatic rings. The zero-order chi connectivity index (χ0) is 15.2. The van der Waals surface area contributed by atoms with Gasteiger partial charge in [-0.2, -0.15) is 0 Å². The number of methoxy groups -OCH3 is 1. The number of hydrogen-bond acceptors (Lipinski definition) is 4. The van der Waals surface area contributed by atoms with Crippen molar-refractivity contribution in [1.82, 2.24) is 10.6 Å². The fourth-order valence-corrected chi connectivity index (χ4v) is 3.85. The van der Waals surface area contributed by atoms with Gasteiger partial charge < -0.3 is 20.1 Å². The van der Waals surface area contributed by atoms with Crippen molar-refractivity contribution in [1.29, 1.82) is 0 Å². The number of ether oxygens (including phenoxy) is 2. The van der Waals surface area contributed by atoms with E-state index in [1.54, 1.807) is 7.11 Å². The van der Waals surface area contributed by atoms with E-state index in [-0.39, 0.29) is 0 Å². The topological polar surface area (TPSA) is 42.5 Å². The van der Waals surface area contributed by atoms with Gasteiger partial charge in [0.15, 0.2) is 0 Å². The molecule has 1 aliphatic carbocycles. The Balaban J connectivity index is 1.58. The lowest BCUT2D eigenvalue weighted by Crippen LogP contribution is -2.50. The van der Waals surface area contributed by atoms with Gasteiger partial charge in [-0.3, -0.25) is 0 Å². The quantitative estimate of drug-likeness (QED) is 0.844. The van der Waals surface area contributed by atoms with Gasteiger partial charge in [0.2, 0.25) is 0 Å². The molecule has 122 valence electrons. The minimum atomic E-state index is 0.517. The third-order valence-electron chi connectivity index (χ3n) is 5.01. The van der Waals surface area contributed by atoms with Crippen molar-refractivity contribution in [2.24, 2.45) is 5.92 Å². The van der Waals surface area contributed by atoms with Crippen LogP contribution in [0, 0.1) is 5.92 Å². The first-order valence-electron chi connectivity index (χ1n) is 8.48. The molecular weight excluding hydrogens is 276 g/mol. The molecule has 0 radical (unpaired) electrons. The molecule has 1 aromatic carbocycles. The van der Waals surface area contributed by atoms with Crippen molar-refractivity contribution < 1.29 is 9.47 Å². The normalized spacial score (nSPS) is 28.9. The molecule has 0 amide bonds. The molecule has 4 nitrogen and oxygen atoms in total. The van der Waals surface area contributed by atoms with Gasteiger partial charge in [-0.05, 0) is 29.9 Å². The van der Waals surface area contributed by atoms with Crippen molar-refractivity contribution in [3.63, 3.8) is 0 Å². The Morgan fingerprint density at radius 2 is 2.14 bits per heavy atom. The lowest BCUT2D eigenvalue weighted by atomic mass is 9.93. The molecule has 4 heteroatoms. The highest BCUT2D eigenvalue weighted by atomic mass is 16.5. The van der Waals surface area contributed by atoms with E-state index in [1.165, 1.54) is 30.4 Å². The zero-order valence-corrected chi connectivity index (χ0v) is 13.5. The maximum absolute atomic E-state index is 5.65. The Morgan fingerprint density at radius 1 is 1.27 bits per heavy atom. The first-order valence-corrected chi connectivity index (χ1v) is 8.48. The largest absolute Gasteiger partial charge is 0.380 e. The van der Waals surface area contributed by atoms with Gasteiger partial charge in [-0.1, -0.05) is 30.7 Å². The maximum Gasteiger partial charge on any atom is 0.0716 e. The van der Waals surface area contributed by atoms with Crippen LogP contribution in [0.25, 0.3) is 0 Å². The van der Waals surface area contributed by atoms with Crippen LogP contribution in [0.4, 0.5) is 0 Å². The molecule has 0 aromatic heterocycles. The molecular formula is C18H28N2O2. The van der Waals surface area contributed by atoms with Gasteiger partial charge >= 0.3 is 0 Å². The van der Waals surface area contributed by atoms with E-state index in [0.29, 0.717) is 24.6 Å². The Morgan fingerprint density at radius 3 is 2.91 bits per heavy atom. The fourth-order valence-electron chi connectivity index (χ4n) is 3.85. The smallest absolute Gasteiger partial charge is 0.0716 e. The molecule has 2 N–H and O–H groups in total. The van der Waals surface area contributed by atoms with Crippen molar-refractivity contribution in [2.75, 3.05) is 26.9 Å². The molecule has 3 unspecified atom stereocenters. The predicted molar refractivity (Wildman–Crippen MR) is 87.7 cm³/mol. The van der Waals surface area contributed by atoms with Crippen LogP contribution in [0.15, 0.2) is 24.3 Å². The number of nitrogens with one attached hydrogen (secondary N) is 2. The zero-order valence-electron chi connectivity index (χ0n) is 13.5. The van der Waals surface area contributed by atoms with Gasteiger partial charge in [0.25, 0.3) is 0 Å². The third kappa shape index (κ3) is 3.87. The average molecular weight is 304 g/mol. The summed E-state index contributed by atoms with van der Waals surface area (Å²) in [5.74, 6) is 0.690. The van der Waals surface area contributed by atoms with Gasteiger partial charge in [-0.15, -0.1) is 0 Å². The maximum atomic E-state index is 5.65. The van der Waals surface area contributed by atoms with Gasteiger partial charge in [-0.25, -0.2) is 0 Å². The van der Waals surface area contributed by atoms with Gasteiger partial charge in [0.05, 0.1) is 19.8 Å². The summed E-state index contributed by atoms with van der Waals surface area (Å²) in [6.07, 6.45) is 3.90. The minimum Gasteiger partial charge on any atom is -0.380 e. The second kappa shape index (κ2) is 8.06. The minimum absolute atomic E-state index is 0.517. The van der Waals surface area contributed by atoms with Crippen molar-refractivity contribution in [3.8, 4) is 0 Å². The highest BCUT2D eigenvalue weighted by Gasteiger charge is 2.34. The molecule has 3 rings (SSSR count). The molecule has 1 saturated carbocycles. The van der Waals surface area contributed by atoms with E-state index in [4.69, 9.17) is 9.47 Å². The highest BCUT2D eigenvalue weighted by Crippen LogP contribution is 2.29. The summed E-state index contributed by atoms with van der Waals surface area (Å²) in [6.45, 7) is 4.32. The molecule has 1 heterocycles. The molecule has 1 saturated heterocycles. The summed E-state index contributed by atoms with van der Waals surface area (Å²) >= 11 is 0. The second-order valence-electron chi connectivity index (χ2n) is 6.42. The molecule has 2 fully saturated rings. The molecule has 1 aliphatic heterocycles. The first kappa shape index (κ1) is 15.9. The van der Waals surface area contributed by atoms with Crippen LogP contribution >= 0.6 is 0 Å². The van der Waals surface area contributed by atoms with Crippen molar-refractivity contribution in [2.45, 2.75) is 44.5 Å². The van der Waals surface area contributed by atoms with E-state index in [9.17, 15) is 0 Å². The summed E-state index contributed by atoms with van der Waals surface area (Å²) in [5.41, 5.74) is 2.63. The summed E-state index contributed by atoms with van der Waals surface area (Å²) in [4.78, 5) is 0. The van der Waals surface area contributed by atoms with E-state index in [1.807, 2.05) is 0 Å². The molecule has 3 atom stereocenters. The Kier molecular flexibility index (Phi) is 5.84. The third-order valence-corrected chi connectivity index (χ3v) is 5.01. The average Bonchev–Trinajstić information content (AvgIpc) is 3.04. The molecule has 0 spiro atoms. The van der Waals surface area contributed by atoms with Crippen LogP contribution in [0.2, 0.25) is 0 Å². The van der Waals surface area contributed by atoms with Crippen LogP contribution in [0.3, 0.4) is 0 Å². The Bertz CT molecular complexity index is 460. The predicted octanol–water partition coefficient (Wildman–Crippen LogP) is 2.08. The first-order chi connectivity index (χ1) is 10.9. The Labute approximate surface area is 133 Å². The van der Waals surface area contributed by atoms with Gasteiger partial charge in [0.1, 0.15) is 0 Å². The monoisotopic (exact) mass is 304 g/mol. The van der Waals surface area contributed by atoms with Crippen LogP contribution < -0.4 is 10.6 Å². The van der Waals surface area contributed by atoms with Crippen LogP contribution in [0.1, 0.15) is 30.4 Å². The van der Waals surface area contributed by atoms with E-state index >= 15 is 0 Å². The van der Waals surface area contributed by atoms with Crippen molar-refractivity contribution in [3.05, 3.63) is 35.4 Å². The molecule has 0 bridgehead atoms. The van der Waals surface area contributed by atoms with Gasteiger partial charge in [0, 0.05) is 32.3 Å². The van der Waals surface area contributed by atoms with E-state index in [2.05, 4.69) is 34.9 Å². The summed E-state index contributed by atoms with van der Waals surface area (Å²) in [6, 6.07) is 9.66.